The van der Waals surface area contributed by atoms with Crippen LogP contribution in [-0.2, 0) is 0 Å². The number of nitrogens with zero attached hydrogens (tertiary/aromatic N) is 6. The second-order valence-corrected chi connectivity index (χ2v) is 3.11. The molecule has 3 aromatic rings. The molecule has 78 valence electrons. The van der Waals surface area contributed by atoms with Gasteiger partial charge in [-0.1, -0.05) is 17.3 Å². The fourth-order valence-corrected chi connectivity index (χ4v) is 1.48. The average molecular weight is 213 g/mol. The van der Waals surface area contributed by atoms with Crippen molar-refractivity contribution in [3.63, 3.8) is 0 Å². The third kappa shape index (κ3) is 1.34. The van der Waals surface area contributed by atoms with Gasteiger partial charge in [-0.2, -0.15) is 0 Å². The summed E-state index contributed by atoms with van der Waals surface area (Å²) in [5.74, 6) is 0.603. The minimum atomic E-state index is 0.603. The molecule has 0 amide bonds. The summed E-state index contributed by atoms with van der Waals surface area (Å²) < 4.78 is 1.66. The van der Waals surface area contributed by atoms with Gasteiger partial charge in [-0.05, 0) is 22.6 Å². The summed E-state index contributed by atoms with van der Waals surface area (Å²) in [5.41, 5.74) is 1.75. The molecule has 2 aromatic heterocycles. The third-order valence-electron chi connectivity index (χ3n) is 2.17. The first-order valence-corrected chi connectivity index (χ1v) is 4.65. The van der Waals surface area contributed by atoms with Crippen LogP contribution in [0.2, 0.25) is 0 Å². The van der Waals surface area contributed by atoms with Crippen molar-refractivity contribution in [2.24, 2.45) is 0 Å². The van der Waals surface area contributed by atoms with Crippen molar-refractivity contribution in [1.29, 1.82) is 0 Å². The summed E-state index contributed by atoms with van der Waals surface area (Å²) >= 11 is 0. The number of aromatic nitrogens is 7. The first-order valence-electron chi connectivity index (χ1n) is 4.65. The van der Waals surface area contributed by atoms with Gasteiger partial charge in [0.1, 0.15) is 0 Å². The summed E-state index contributed by atoms with van der Waals surface area (Å²) in [6.45, 7) is 0. The standard InChI is InChI=1S/C9H7N7/c1-2-4-8(16-6-5-10-15-16)7(3-1)9-11-13-14-12-9/h1-6H,(H,11,12,13,14). The van der Waals surface area contributed by atoms with Crippen LogP contribution < -0.4 is 0 Å². The van der Waals surface area contributed by atoms with Crippen LogP contribution in [0.1, 0.15) is 0 Å². The van der Waals surface area contributed by atoms with E-state index >= 15 is 0 Å². The summed E-state index contributed by atoms with van der Waals surface area (Å²) in [7, 11) is 0. The summed E-state index contributed by atoms with van der Waals surface area (Å²) in [4.78, 5) is 0. The molecule has 0 unspecified atom stereocenters. The van der Waals surface area contributed by atoms with Gasteiger partial charge in [0, 0.05) is 5.56 Å². The lowest BCUT2D eigenvalue weighted by atomic mass is 10.1. The third-order valence-corrected chi connectivity index (χ3v) is 2.17. The van der Waals surface area contributed by atoms with Crippen LogP contribution in [0.25, 0.3) is 17.1 Å². The van der Waals surface area contributed by atoms with Crippen molar-refractivity contribution >= 4 is 0 Å². The van der Waals surface area contributed by atoms with Gasteiger partial charge < -0.3 is 0 Å². The number of hydrogen-bond acceptors (Lipinski definition) is 5. The smallest absolute Gasteiger partial charge is 0.181 e. The van der Waals surface area contributed by atoms with Gasteiger partial charge in [-0.3, -0.25) is 0 Å². The molecule has 0 atom stereocenters. The van der Waals surface area contributed by atoms with E-state index in [4.69, 9.17) is 0 Å². The minimum absolute atomic E-state index is 0.603. The van der Waals surface area contributed by atoms with E-state index < -0.39 is 0 Å². The van der Waals surface area contributed by atoms with Crippen LogP contribution in [0, 0.1) is 0 Å². The summed E-state index contributed by atoms with van der Waals surface area (Å²) in [6, 6.07) is 7.67. The Morgan fingerprint density at radius 1 is 1.19 bits per heavy atom. The van der Waals surface area contributed by atoms with E-state index in [-0.39, 0.29) is 0 Å². The lowest BCUT2D eigenvalue weighted by molar-refractivity contribution is 0.803. The van der Waals surface area contributed by atoms with E-state index in [0.29, 0.717) is 5.82 Å². The van der Waals surface area contributed by atoms with E-state index in [2.05, 4.69) is 30.9 Å². The number of H-pyrrole nitrogens is 1. The number of hydrogen-bond donors (Lipinski definition) is 1. The largest absolute Gasteiger partial charge is 0.239 e. The number of aromatic amines is 1. The van der Waals surface area contributed by atoms with Crippen LogP contribution in [0.5, 0.6) is 0 Å². The molecule has 0 aliphatic heterocycles. The lowest BCUT2D eigenvalue weighted by Gasteiger charge is -2.04. The quantitative estimate of drug-likeness (QED) is 0.667. The second-order valence-electron chi connectivity index (χ2n) is 3.11. The normalized spacial score (nSPS) is 10.5. The molecule has 0 spiro atoms. The van der Waals surface area contributed by atoms with Crippen molar-refractivity contribution in [2.75, 3.05) is 0 Å². The molecule has 0 radical (unpaired) electrons. The fourth-order valence-electron chi connectivity index (χ4n) is 1.48. The van der Waals surface area contributed by atoms with Gasteiger partial charge >= 0.3 is 0 Å². The Balaban J connectivity index is 2.19. The first kappa shape index (κ1) is 8.72. The Morgan fingerprint density at radius 2 is 2.12 bits per heavy atom. The predicted octanol–water partition coefficient (Wildman–Crippen LogP) is 0.447. The molecule has 0 aliphatic carbocycles. The highest BCUT2D eigenvalue weighted by molar-refractivity contribution is 5.66. The fraction of sp³-hybridized carbons (Fsp3) is 0. The van der Waals surface area contributed by atoms with Crippen molar-refractivity contribution in [2.45, 2.75) is 0 Å². The molecule has 0 saturated carbocycles. The highest BCUT2D eigenvalue weighted by atomic mass is 15.5. The molecule has 16 heavy (non-hydrogen) atoms. The van der Waals surface area contributed by atoms with Crippen molar-refractivity contribution in [1.82, 2.24) is 35.6 Å². The van der Waals surface area contributed by atoms with Crippen molar-refractivity contribution < 1.29 is 0 Å². The zero-order chi connectivity index (χ0) is 10.8. The number of benzene rings is 1. The van der Waals surface area contributed by atoms with E-state index in [1.807, 2.05) is 24.3 Å². The van der Waals surface area contributed by atoms with Crippen LogP contribution in [0.4, 0.5) is 0 Å². The van der Waals surface area contributed by atoms with Gasteiger partial charge in [-0.15, -0.1) is 10.2 Å². The molecule has 1 N–H and O–H groups in total. The summed E-state index contributed by atoms with van der Waals surface area (Å²) in [5, 5.41) is 21.4. The molecular formula is C9H7N7. The molecule has 7 heteroatoms. The van der Waals surface area contributed by atoms with Gasteiger partial charge in [0.15, 0.2) is 5.82 Å². The van der Waals surface area contributed by atoms with E-state index in [0.717, 1.165) is 11.3 Å². The number of tetrazole rings is 1. The van der Waals surface area contributed by atoms with Crippen LogP contribution in [0.3, 0.4) is 0 Å². The number of rotatable bonds is 2. The maximum atomic E-state index is 3.94. The lowest BCUT2D eigenvalue weighted by Crippen LogP contribution is -1.98. The minimum Gasteiger partial charge on any atom is -0.239 e. The zero-order valence-corrected chi connectivity index (χ0v) is 8.15. The Hall–Kier alpha value is -2.57. The van der Waals surface area contributed by atoms with Gasteiger partial charge in [0.2, 0.25) is 0 Å². The molecule has 3 rings (SSSR count). The maximum Gasteiger partial charge on any atom is 0.181 e. The van der Waals surface area contributed by atoms with Gasteiger partial charge in [0.25, 0.3) is 0 Å². The molecule has 0 bridgehead atoms. The van der Waals surface area contributed by atoms with Crippen LogP contribution >= 0.6 is 0 Å². The highest BCUT2D eigenvalue weighted by Crippen LogP contribution is 2.21. The maximum absolute atomic E-state index is 3.94. The molecular weight excluding hydrogens is 206 g/mol. The topological polar surface area (TPSA) is 85.2 Å². The van der Waals surface area contributed by atoms with Crippen molar-refractivity contribution in [3.8, 4) is 17.1 Å². The van der Waals surface area contributed by atoms with E-state index in [1.54, 1.807) is 17.1 Å². The molecule has 0 aliphatic rings. The van der Waals surface area contributed by atoms with Crippen LogP contribution in [-0.4, -0.2) is 35.6 Å². The van der Waals surface area contributed by atoms with Gasteiger partial charge in [-0.25, -0.2) is 9.78 Å². The van der Waals surface area contributed by atoms with E-state index in [9.17, 15) is 0 Å². The first-order chi connectivity index (χ1) is 7.95. The Morgan fingerprint density at radius 3 is 2.88 bits per heavy atom. The highest BCUT2D eigenvalue weighted by Gasteiger charge is 2.09. The number of nitrogens with one attached hydrogen (secondary N) is 1. The second kappa shape index (κ2) is 3.54. The molecule has 7 nitrogen and oxygen atoms in total. The van der Waals surface area contributed by atoms with Crippen LogP contribution in [0.15, 0.2) is 36.7 Å². The average Bonchev–Trinajstić information content (AvgIpc) is 3.03. The Labute approximate surface area is 90.1 Å². The molecule has 0 saturated heterocycles. The number of para-hydroxylation sites is 1. The van der Waals surface area contributed by atoms with Crippen molar-refractivity contribution in [3.05, 3.63) is 36.7 Å². The molecule has 2 heterocycles. The summed E-state index contributed by atoms with van der Waals surface area (Å²) in [6.07, 6.45) is 3.39. The van der Waals surface area contributed by atoms with Gasteiger partial charge in [0.05, 0.1) is 18.1 Å². The monoisotopic (exact) mass is 213 g/mol. The Kier molecular flexibility index (Phi) is 1.93. The SMILES string of the molecule is c1ccc(-n2ccnn2)c(-c2nnn[nH]2)c1. The Bertz CT molecular complexity index is 516. The predicted molar refractivity (Wildman–Crippen MR) is 54.5 cm³/mol. The van der Waals surface area contributed by atoms with E-state index in [1.165, 1.54) is 0 Å². The zero-order valence-electron chi connectivity index (χ0n) is 8.15. The molecule has 0 fully saturated rings. The molecule has 1 aromatic carbocycles.